The number of halogens is 2. The predicted octanol–water partition coefficient (Wildman–Crippen LogP) is 2.10. The lowest BCUT2D eigenvalue weighted by atomic mass is 10.1. The standard InChI is InChI=1S/C10H10F2N2/c1-14(2)10-7(5-6-13)3-4-8(11)9(10)12/h3-4H,5H2,1-2H3. The van der Waals surface area contributed by atoms with E-state index in [2.05, 4.69) is 0 Å². The third kappa shape index (κ3) is 1.82. The Bertz CT molecular complexity index is 380. The van der Waals surface area contributed by atoms with Gasteiger partial charge in [0.1, 0.15) is 0 Å². The van der Waals surface area contributed by atoms with Crippen LogP contribution in [0.5, 0.6) is 0 Å². The van der Waals surface area contributed by atoms with Crippen LogP contribution in [0, 0.1) is 23.0 Å². The van der Waals surface area contributed by atoms with Crippen LogP contribution >= 0.6 is 0 Å². The lowest BCUT2D eigenvalue weighted by Crippen LogP contribution is -2.14. The van der Waals surface area contributed by atoms with Gasteiger partial charge in [-0.1, -0.05) is 6.07 Å². The first-order valence-electron chi connectivity index (χ1n) is 4.09. The molecule has 4 heteroatoms. The summed E-state index contributed by atoms with van der Waals surface area (Å²) in [7, 11) is 3.22. The Labute approximate surface area is 81.4 Å². The summed E-state index contributed by atoms with van der Waals surface area (Å²) in [6.07, 6.45) is 0.0741. The molecule has 0 amide bonds. The maximum atomic E-state index is 13.3. The van der Waals surface area contributed by atoms with Crippen molar-refractivity contribution in [2.45, 2.75) is 6.42 Å². The molecule has 0 atom stereocenters. The molecule has 1 aromatic rings. The number of hydrogen-bond acceptors (Lipinski definition) is 2. The van der Waals surface area contributed by atoms with Crippen molar-refractivity contribution in [2.75, 3.05) is 19.0 Å². The number of rotatable bonds is 2. The van der Waals surface area contributed by atoms with E-state index >= 15 is 0 Å². The molecule has 0 aliphatic carbocycles. The van der Waals surface area contributed by atoms with E-state index in [4.69, 9.17) is 5.26 Å². The average Bonchev–Trinajstić information content (AvgIpc) is 2.11. The molecule has 0 bridgehead atoms. The van der Waals surface area contributed by atoms with Crippen molar-refractivity contribution in [3.05, 3.63) is 29.3 Å². The molecule has 0 radical (unpaired) electrons. The molecule has 0 unspecified atom stereocenters. The molecular formula is C10H10F2N2. The van der Waals surface area contributed by atoms with E-state index in [9.17, 15) is 8.78 Å². The van der Waals surface area contributed by atoms with Crippen LogP contribution in [0.1, 0.15) is 5.56 Å². The highest BCUT2D eigenvalue weighted by Crippen LogP contribution is 2.25. The van der Waals surface area contributed by atoms with Crippen molar-refractivity contribution in [1.29, 1.82) is 5.26 Å². The molecule has 74 valence electrons. The van der Waals surface area contributed by atoms with Crippen molar-refractivity contribution in [2.24, 2.45) is 0 Å². The van der Waals surface area contributed by atoms with E-state index in [0.717, 1.165) is 6.07 Å². The van der Waals surface area contributed by atoms with E-state index in [-0.39, 0.29) is 12.1 Å². The van der Waals surface area contributed by atoms with E-state index in [0.29, 0.717) is 5.56 Å². The van der Waals surface area contributed by atoms with Crippen molar-refractivity contribution in [1.82, 2.24) is 0 Å². The summed E-state index contributed by atoms with van der Waals surface area (Å²) in [4.78, 5) is 1.46. The number of hydrogen-bond donors (Lipinski definition) is 0. The van der Waals surface area contributed by atoms with Gasteiger partial charge >= 0.3 is 0 Å². The van der Waals surface area contributed by atoms with Gasteiger partial charge < -0.3 is 4.90 Å². The average molecular weight is 196 g/mol. The summed E-state index contributed by atoms with van der Waals surface area (Å²) < 4.78 is 26.2. The van der Waals surface area contributed by atoms with E-state index in [1.807, 2.05) is 6.07 Å². The third-order valence-corrected chi connectivity index (χ3v) is 1.87. The Hall–Kier alpha value is -1.63. The Balaban J connectivity index is 3.31. The van der Waals surface area contributed by atoms with Crippen LogP contribution in [0.15, 0.2) is 12.1 Å². The minimum Gasteiger partial charge on any atom is -0.375 e. The number of nitriles is 1. The second-order valence-corrected chi connectivity index (χ2v) is 3.10. The fraction of sp³-hybridized carbons (Fsp3) is 0.300. The van der Waals surface area contributed by atoms with Crippen molar-refractivity contribution < 1.29 is 8.78 Å². The SMILES string of the molecule is CN(C)c1c(CC#N)ccc(F)c1F. The van der Waals surface area contributed by atoms with Crippen molar-refractivity contribution >= 4 is 5.69 Å². The summed E-state index contributed by atoms with van der Waals surface area (Å²) in [5.74, 6) is -1.79. The molecule has 14 heavy (non-hydrogen) atoms. The molecule has 0 saturated heterocycles. The predicted molar refractivity (Wildman–Crippen MR) is 50.0 cm³/mol. The number of nitrogens with zero attached hydrogens (tertiary/aromatic N) is 2. The Morgan fingerprint density at radius 1 is 1.36 bits per heavy atom. The van der Waals surface area contributed by atoms with Crippen molar-refractivity contribution in [3.8, 4) is 6.07 Å². The second kappa shape index (κ2) is 4.05. The molecule has 1 rings (SSSR count). The summed E-state index contributed by atoms with van der Waals surface area (Å²) in [5.41, 5.74) is 0.642. The van der Waals surface area contributed by atoms with Gasteiger partial charge in [0.2, 0.25) is 0 Å². The van der Waals surface area contributed by atoms with Crippen LogP contribution in [0.3, 0.4) is 0 Å². The summed E-state index contributed by atoms with van der Waals surface area (Å²) >= 11 is 0. The van der Waals surface area contributed by atoms with Crippen LogP contribution in [0.25, 0.3) is 0 Å². The smallest absolute Gasteiger partial charge is 0.182 e. The van der Waals surface area contributed by atoms with Gasteiger partial charge in [0.25, 0.3) is 0 Å². The fourth-order valence-electron chi connectivity index (χ4n) is 1.29. The van der Waals surface area contributed by atoms with Crippen LogP contribution in [0.2, 0.25) is 0 Å². The van der Waals surface area contributed by atoms with Gasteiger partial charge in [-0.2, -0.15) is 5.26 Å². The quantitative estimate of drug-likeness (QED) is 0.724. The molecule has 1 aromatic carbocycles. The van der Waals surface area contributed by atoms with Crippen LogP contribution in [0.4, 0.5) is 14.5 Å². The van der Waals surface area contributed by atoms with Gasteiger partial charge in [0.05, 0.1) is 18.2 Å². The summed E-state index contributed by atoms with van der Waals surface area (Å²) in [5, 5.41) is 8.50. The van der Waals surface area contributed by atoms with E-state index in [1.165, 1.54) is 11.0 Å². The lowest BCUT2D eigenvalue weighted by molar-refractivity contribution is 0.507. The zero-order valence-corrected chi connectivity index (χ0v) is 8.01. The number of anilines is 1. The molecule has 0 spiro atoms. The molecule has 0 heterocycles. The molecule has 0 aromatic heterocycles. The van der Waals surface area contributed by atoms with Gasteiger partial charge in [-0.15, -0.1) is 0 Å². The molecule has 0 fully saturated rings. The number of benzene rings is 1. The topological polar surface area (TPSA) is 27.0 Å². The first-order chi connectivity index (χ1) is 6.57. The molecular weight excluding hydrogens is 186 g/mol. The maximum Gasteiger partial charge on any atom is 0.182 e. The normalized spacial score (nSPS) is 9.64. The van der Waals surface area contributed by atoms with Gasteiger partial charge in [-0.05, 0) is 11.6 Å². The van der Waals surface area contributed by atoms with Crippen LogP contribution in [-0.4, -0.2) is 14.1 Å². The highest BCUT2D eigenvalue weighted by atomic mass is 19.2. The summed E-state index contributed by atoms with van der Waals surface area (Å²) in [6, 6.07) is 4.37. The van der Waals surface area contributed by atoms with Gasteiger partial charge in [-0.3, -0.25) is 0 Å². The van der Waals surface area contributed by atoms with Gasteiger partial charge in [0.15, 0.2) is 11.6 Å². The molecule has 0 N–H and O–H groups in total. The van der Waals surface area contributed by atoms with E-state index in [1.54, 1.807) is 14.1 Å². The fourth-order valence-corrected chi connectivity index (χ4v) is 1.29. The minimum atomic E-state index is -0.900. The zero-order chi connectivity index (χ0) is 10.7. The lowest BCUT2D eigenvalue weighted by Gasteiger charge is -2.17. The molecule has 2 nitrogen and oxygen atoms in total. The highest BCUT2D eigenvalue weighted by Gasteiger charge is 2.14. The highest BCUT2D eigenvalue weighted by molar-refractivity contribution is 5.55. The largest absolute Gasteiger partial charge is 0.375 e. The Kier molecular flexibility index (Phi) is 3.03. The second-order valence-electron chi connectivity index (χ2n) is 3.10. The summed E-state index contributed by atoms with van der Waals surface area (Å²) in [6.45, 7) is 0. The first-order valence-corrected chi connectivity index (χ1v) is 4.09. The van der Waals surface area contributed by atoms with Gasteiger partial charge in [0, 0.05) is 14.1 Å². The van der Waals surface area contributed by atoms with Gasteiger partial charge in [-0.25, -0.2) is 8.78 Å². The zero-order valence-electron chi connectivity index (χ0n) is 8.01. The first kappa shape index (κ1) is 10.5. The maximum absolute atomic E-state index is 13.3. The molecule has 0 aliphatic rings. The molecule has 0 saturated carbocycles. The van der Waals surface area contributed by atoms with Crippen LogP contribution < -0.4 is 4.90 Å². The minimum absolute atomic E-state index is 0.0741. The Morgan fingerprint density at radius 3 is 2.50 bits per heavy atom. The third-order valence-electron chi connectivity index (χ3n) is 1.87. The molecule has 0 aliphatic heterocycles. The monoisotopic (exact) mass is 196 g/mol. The van der Waals surface area contributed by atoms with Crippen LogP contribution in [-0.2, 0) is 6.42 Å². The Morgan fingerprint density at radius 2 is 2.00 bits per heavy atom. The van der Waals surface area contributed by atoms with E-state index < -0.39 is 11.6 Å². The van der Waals surface area contributed by atoms with Crippen molar-refractivity contribution in [3.63, 3.8) is 0 Å².